The minimum Gasteiger partial charge on any atom is -0.495 e. The van der Waals surface area contributed by atoms with Crippen molar-refractivity contribution in [2.45, 2.75) is 11.8 Å². The zero-order valence-corrected chi connectivity index (χ0v) is 17.0. The molecule has 0 spiro atoms. The second kappa shape index (κ2) is 8.56. The summed E-state index contributed by atoms with van der Waals surface area (Å²) in [6.07, 6.45) is 0. The second-order valence-corrected chi connectivity index (χ2v) is 8.01. The normalized spacial score (nSPS) is 11.2. The Kier molecular flexibility index (Phi) is 6.09. The molecule has 1 amide bonds. The fourth-order valence-corrected chi connectivity index (χ4v) is 3.80. The maximum Gasteiger partial charge on any atom is 0.262 e. The standard InChI is InChI=1S/C20H20FN3O5S/c1-12-3-7-18(29-12)15-6-5-14(10-16(15)21)30(26,27)24-17-9-13(23-20(25)11-22)4-8-19(17)28-2/h3-10,24H,11,22H2,1-2H3,(H,23,25). The van der Waals surface area contributed by atoms with Crippen molar-refractivity contribution in [2.24, 2.45) is 5.73 Å². The summed E-state index contributed by atoms with van der Waals surface area (Å²) >= 11 is 0. The Balaban J connectivity index is 1.92. The number of ether oxygens (including phenoxy) is 1. The summed E-state index contributed by atoms with van der Waals surface area (Å²) in [6.45, 7) is 1.50. The summed E-state index contributed by atoms with van der Waals surface area (Å²) in [5.74, 6) is -0.0705. The third-order valence-corrected chi connectivity index (χ3v) is 5.53. The summed E-state index contributed by atoms with van der Waals surface area (Å²) in [5, 5.41) is 2.52. The Morgan fingerprint density at radius 1 is 1.17 bits per heavy atom. The van der Waals surface area contributed by atoms with Crippen LogP contribution in [0.3, 0.4) is 0 Å². The molecular formula is C20H20FN3O5S. The number of anilines is 2. The van der Waals surface area contributed by atoms with Gasteiger partial charge in [-0.2, -0.15) is 0 Å². The first-order valence-electron chi connectivity index (χ1n) is 8.80. The van der Waals surface area contributed by atoms with E-state index >= 15 is 0 Å². The minimum atomic E-state index is -4.15. The van der Waals surface area contributed by atoms with E-state index in [0.29, 0.717) is 17.2 Å². The fraction of sp³-hybridized carbons (Fsp3) is 0.150. The Labute approximate surface area is 172 Å². The molecule has 10 heteroatoms. The molecule has 0 saturated heterocycles. The number of benzene rings is 2. The molecule has 1 aromatic heterocycles. The van der Waals surface area contributed by atoms with Crippen molar-refractivity contribution < 1.29 is 26.8 Å². The smallest absolute Gasteiger partial charge is 0.262 e. The summed E-state index contributed by atoms with van der Waals surface area (Å²) < 4.78 is 53.1. The zero-order chi connectivity index (χ0) is 21.9. The molecule has 3 rings (SSSR count). The van der Waals surface area contributed by atoms with Crippen LogP contribution in [-0.4, -0.2) is 28.0 Å². The lowest BCUT2D eigenvalue weighted by Gasteiger charge is -2.14. The van der Waals surface area contributed by atoms with Crippen LogP contribution in [0.15, 0.2) is 57.8 Å². The molecule has 30 heavy (non-hydrogen) atoms. The van der Waals surface area contributed by atoms with Crippen LogP contribution in [0.5, 0.6) is 5.75 Å². The Hall–Kier alpha value is -3.37. The van der Waals surface area contributed by atoms with Crippen molar-refractivity contribution in [1.82, 2.24) is 0 Å². The number of furan rings is 1. The van der Waals surface area contributed by atoms with Crippen molar-refractivity contribution >= 4 is 27.3 Å². The highest BCUT2D eigenvalue weighted by molar-refractivity contribution is 7.92. The molecular weight excluding hydrogens is 413 g/mol. The van der Waals surface area contributed by atoms with E-state index in [-0.39, 0.29) is 28.4 Å². The highest BCUT2D eigenvalue weighted by atomic mass is 32.2. The van der Waals surface area contributed by atoms with Crippen LogP contribution < -0.4 is 20.5 Å². The van der Waals surface area contributed by atoms with Gasteiger partial charge in [-0.15, -0.1) is 0 Å². The molecule has 0 unspecified atom stereocenters. The molecule has 0 radical (unpaired) electrons. The number of sulfonamides is 1. The summed E-state index contributed by atoms with van der Waals surface area (Å²) in [7, 11) is -2.78. The summed E-state index contributed by atoms with van der Waals surface area (Å²) in [6, 6.07) is 11.2. The summed E-state index contributed by atoms with van der Waals surface area (Å²) in [5.41, 5.74) is 5.80. The number of rotatable bonds is 7. The SMILES string of the molecule is COc1ccc(NC(=O)CN)cc1NS(=O)(=O)c1ccc(-c2ccc(C)o2)c(F)c1. The van der Waals surface area contributed by atoms with Gasteiger partial charge >= 0.3 is 0 Å². The Morgan fingerprint density at radius 2 is 1.93 bits per heavy atom. The van der Waals surface area contributed by atoms with E-state index in [0.717, 1.165) is 6.07 Å². The zero-order valence-electron chi connectivity index (χ0n) is 16.2. The molecule has 0 bridgehead atoms. The van der Waals surface area contributed by atoms with Gasteiger partial charge in [0.2, 0.25) is 5.91 Å². The number of nitrogens with one attached hydrogen (secondary N) is 2. The molecule has 2 aromatic carbocycles. The van der Waals surface area contributed by atoms with Gasteiger partial charge in [-0.1, -0.05) is 0 Å². The third kappa shape index (κ3) is 4.61. The Morgan fingerprint density at radius 3 is 2.53 bits per heavy atom. The van der Waals surface area contributed by atoms with Crippen LogP contribution in [0.2, 0.25) is 0 Å². The van der Waals surface area contributed by atoms with Crippen LogP contribution >= 0.6 is 0 Å². The molecule has 0 aliphatic heterocycles. The quantitative estimate of drug-likeness (QED) is 0.526. The highest BCUT2D eigenvalue weighted by Gasteiger charge is 2.20. The molecule has 1 heterocycles. The number of nitrogens with two attached hydrogens (primary N) is 1. The van der Waals surface area contributed by atoms with Gasteiger partial charge in [-0.3, -0.25) is 9.52 Å². The number of halogens is 1. The van der Waals surface area contributed by atoms with Crippen LogP contribution in [0.1, 0.15) is 5.76 Å². The van der Waals surface area contributed by atoms with E-state index in [4.69, 9.17) is 14.9 Å². The number of methoxy groups -OCH3 is 1. The molecule has 158 valence electrons. The first-order valence-corrected chi connectivity index (χ1v) is 10.3. The van der Waals surface area contributed by atoms with Crippen molar-refractivity contribution in [3.63, 3.8) is 0 Å². The van der Waals surface area contributed by atoms with E-state index in [1.165, 1.54) is 37.4 Å². The number of carbonyl (C=O) groups excluding carboxylic acids is 1. The van der Waals surface area contributed by atoms with Gasteiger partial charge in [-0.25, -0.2) is 12.8 Å². The number of hydrogen-bond acceptors (Lipinski definition) is 6. The highest BCUT2D eigenvalue weighted by Crippen LogP contribution is 2.31. The Bertz CT molecular complexity index is 1190. The van der Waals surface area contributed by atoms with Crippen LogP contribution in [0, 0.1) is 12.7 Å². The number of amides is 1. The van der Waals surface area contributed by atoms with E-state index in [1.54, 1.807) is 19.1 Å². The lowest BCUT2D eigenvalue weighted by molar-refractivity contribution is -0.114. The van der Waals surface area contributed by atoms with Gasteiger partial charge < -0.3 is 20.2 Å². The van der Waals surface area contributed by atoms with E-state index < -0.39 is 21.7 Å². The molecule has 8 nitrogen and oxygen atoms in total. The first-order chi connectivity index (χ1) is 14.2. The first kappa shape index (κ1) is 21.3. The van der Waals surface area contributed by atoms with Gasteiger partial charge in [-0.05, 0) is 55.5 Å². The molecule has 0 aliphatic carbocycles. The van der Waals surface area contributed by atoms with E-state index in [1.807, 2.05) is 0 Å². The van der Waals surface area contributed by atoms with Crippen LogP contribution in [0.25, 0.3) is 11.3 Å². The lowest BCUT2D eigenvalue weighted by atomic mass is 10.1. The minimum absolute atomic E-state index is 0.0680. The van der Waals surface area contributed by atoms with E-state index in [9.17, 15) is 17.6 Å². The lowest BCUT2D eigenvalue weighted by Crippen LogP contribution is -2.22. The van der Waals surface area contributed by atoms with Crippen LogP contribution in [0.4, 0.5) is 15.8 Å². The van der Waals surface area contributed by atoms with Crippen LogP contribution in [-0.2, 0) is 14.8 Å². The predicted molar refractivity (Wildman–Crippen MR) is 110 cm³/mol. The van der Waals surface area contributed by atoms with Crippen molar-refractivity contribution in [2.75, 3.05) is 23.7 Å². The van der Waals surface area contributed by atoms with Crippen molar-refractivity contribution in [3.05, 3.63) is 60.1 Å². The maximum atomic E-state index is 14.6. The molecule has 0 saturated carbocycles. The average Bonchev–Trinajstić information content (AvgIpc) is 3.13. The van der Waals surface area contributed by atoms with Crippen molar-refractivity contribution in [1.29, 1.82) is 0 Å². The van der Waals surface area contributed by atoms with Crippen molar-refractivity contribution in [3.8, 4) is 17.1 Å². The topological polar surface area (TPSA) is 124 Å². The van der Waals surface area contributed by atoms with Gasteiger partial charge in [0.25, 0.3) is 10.0 Å². The number of hydrogen-bond donors (Lipinski definition) is 3. The van der Waals surface area contributed by atoms with Gasteiger partial charge in [0.1, 0.15) is 23.1 Å². The predicted octanol–water partition coefficient (Wildman–Crippen LogP) is 3.10. The fourth-order valence-electron chi connectivity index (χ4n) is 2.72. The van der Waals surface area contributed by atoms with Gasteiger partial charge in [0, 0.05) is 5.69 Å². The van der Waals surface area contributed by atoms with Gasteiger partial charge in [0.15, 0.2) is 0 Å². The summed E-state index contributed by atoms with van der Waals surface area (Å²) in [4.78, 5) is 11.2. The third-order valence-electron chi connectivity index (χ3n) is 4.17. The molecule has 3 aromatic rings. The average molecular weight is 433 g/mol. The number of carbonyl (C=O) groups is 1. The van der Waals surface area contributed by atoms with E-state index in [2.05, 4.69) is 10.0 Å². The van der Waals surface area contributed by atoms with Gasteiger partial charge in [0.05, 0.1) is 29.8 Å². The number of aryl methyl sites for hydroxylation is 1. The molecule has 0 aliphatic rings. The second-order valence-electron chi connectivity index (χ2n) is 6.32. The monoisotopic (exact) mass is 433 g/mol. The molecule has 0 atom stereocenters. The molecule has 0 fully saturated rings. The molecule has 4 N–H and O–H groups in total. The maximum absolute atomic E-state index is 14.6. The largest absolute Gasteiger partial charge is 0.495 e.